The summed E-state index contributed by atoms with van der Waals surface area (Å²) in [5.74, 6) is 0. The molecule has 0 amide bonds. The molecule has 3 aromatic rings. The molecule has 0 saturated carbocycles. The molecule has 3 rings (SSSR count). The molecule has 0 aromatic heterocycles. The Morgan fingerprint density at radius 3 is 2.14 bits per heavy atom. The number of benzene rings is 3. The molecule has 2 N–H and O–H groups in total. The molecule has 0 aliphatic rings. The van der Waals surface area contributed by atoms with Gasteiger partial charge in [0.05, 0.1) is 0 Å². The second-order valence-corrected chi connectivity index (χ2v) is 6.72. The van der Waals surface area contributed by atoms with Gasteiger partial charge in [-0.25, -0.2) is 0 Å². The molecule has 3 aromatic carbocycles. The number of hydrogen-bond donors (Lipinski definition) is 1. The van der Waals surface area contributed by atoms with E-state index in [9.17, 15) is 0 Å². The van der Waals surface area contributed by atoms with Crippen LogP contribution in [0.25, 0.3) is 10.8 Å². The van der Waals surface area contributed by atoms with Gasteiger partial charge >= 0.3 is 0 Å². The van der Waals surface area contributed by atoms with Crippen LogP contribution in [-0.4, -0.2) is 6.04 Å². The fourth-order valence-corrected chi connectivity index (χ4v) is 3.02. The van der Waals surface area contributed by atoms with Gasteiger partial charge in [-0.3, -0.25) is 0 Å². The van der Waals surface area contributed by atoms with Crippen molar-refractivity contribution in [2.24, 2.45) is 5.73 Å². The summed E-state index contributed by atoms with van der Waals surface area (Å²) in [6.45, 7) is 0. The summed E-state index contributed by atoms with van der Waals surface area (Å²) in [5.41, 5.74) is 8.94. The molecule has 0 aliphatic carbocycles. The SMILES string of the molecule is NC(Cc1ccc(I)cc1)Cc1ccc2ccccc2c1. The average Bonchev–Trinajstić information content (AvgIpc) is 2.49. The maximum Gasteiger partial charge on any atom is 0.0130 e. The van der Waals surface area contributed by atoms with Gasteiger partial charge in [-0.05, 0) is 69.5 Å². The van der Waals surface area contributed by atoms with Crippen LogP contribution in [0.5, 0.6) is 0 Å². The Balaban J connectivity index is 1.70. The van der Waals surface area contributed by atoms with Gasteiger partial charge in [0.2, 0.25) is 0 Å². The minimum absolute atomic E-state index is 0.159. The lowest BCUT2D eigenvalue weighted by molar-refractivity contribution is 0.665. The van der Waals surface area contributed by atoms with Crippen LogP contribution in [0, 0.1) is 3.57 Å². The molecule has 21 heavy (non-hydrogen) atoms. The number of hydrogen-bond acceptors (Lipinski definition) is 1. The van der Waals surface area contributed by atoms with Gasteiger partial charge < -0.3 is 5.73 Å². The summed E-state index contributed by atoms with van der Waals surface area (Å²) in [6, 6.07) is 23.9. The molecule has 1 atom stereocenters. The highest BCUT2D eigenvalue weighted by Gasteiger charge is 2.06. The second kappa shape index (κ2) is 6.58. The van der Waals surface area contributed by atoms with Crippen molar-refractivity contribution in [1.29, 1.82) is 0 Å². The summed E-state index contributed by atoms with van der Waals surface area (Å²) in [4.78, 5) is 0. The van der Waals surface area contributed by atoms with Crippen molar-refractivity contribution >= 4 is 33.4 Å². The first-order valence-electron chi connectivity index (χ1n) is 7.18. The fourth-order valence-electron chi connectivity index (χ4n) is 2.66. The van der Waals surface area contributed by atoms with Crippen LogP contribution in [0.4, 0.5) is 0 Å². The number of halogens is 1. The first-order chi connectivity index (χ1) is 10.2. The van der Waals surface area contributed by atoms with Gasteiger partial charge in [0.15, 0.2) is 0 Å². The highest BCUT2D eigenvalue weighted by molar-refractivity contribution is 14.1. The second-order valence-electron chi connectivity index (χ2n) is 5.48. The van der Waals surface area contributed by atoms with E-state index in [0.717, 1.165) is 12.8 Å². The topological polar surface area (TPSA) is 26.0 Å². The monoisotopic (exact) mass is 387 g/mol. The summed E-state index contributed by atoms with van der Waals surface area (Å²) in [7, 11) is 0. The average molecular weight is 387 g/mol. The van der Waals surface area contributed by atoms with Crippen molar-refractivity contribution in [2.75, 3.05) is 0 Å². The van der Waals surface area contributed by atoms with Crippen LogP contribution >= 0.6 is 22.6 Å². The lowest BCUT2D eigenvalue weighted by Gasteiger charge is -2.12. The van der Waals surface area contributed by atoms with E-state index in [1.165, 1.54) is 25.5 Å². The molecule has 1 nitrogen and oxygen atoms in total. The first-order valence-corrected chi connectivity index (χ1v) is 8.26. The van der Waals surface area contributed by atoms with Crippen LogP contribution in [0.3, 0.4) is 0 Å². The zero-order valence-corrected chi connectivity index (χ0v) is 14.0. The Morgan fingerprint density at radius 2 is 1.38 bits per heavy atom. The highest BCUT2D eigenvalue weighted by atomic mass is 127. The van der Waals surface area contributed by atoms with E-state index in [4.69, 9.17) is 5.73 Å². The minimum atomic E-state index is 0.159. The van der Waals surface area contributed by atoms with Crippen molar-refractivity contribution in [3.05, 3.63) is 81.4 Å². The van der Waals surface area contributed by atoms with E-state index in [2.05, 4.69) is 89.3 Å². The van der Waals surface area contributed by atoms with Crippen molar-refractivity contribution < 1.29 is 0 Å². The van der Waals surface area contributed by atoms with Crippen LogP contribution in [0.1, 0.15) is 11.1 Å². The summed E-state index contributed by atoms with van der Waals surface area (Å²) < 4.78 is 1.26. The van der Waals surface area contributed by atoms with Gasteiger partial charge in [0.25, 0.3) is 0 Å². The zero-order chi connectivity index (χ0) is 14.7. The predicted octanol–water partition coefficient (Wildman–Crippen LogP) is 4.56. The van der Waals surface area contributed by atoms with Gasteiger partial charge in [-0.1, -0.05) is 54.6 Å². The zero-order valence-electron chi connectivity index (χ0n) is 11.8. The Kier molecular flexibility index (Phi) is 4.56. The molecule has 0 bridgehead atoms. The van der Waals surface area contributed by atoms with Crippen molar-refractivity contribution in [2.45, 2.75) is 18.9 Å². The Morgan fingerprint density at radius 1 is 0.762 bits per heavy atom. The summed E-state index contributed by atoms with van der Waals surface area (Å²) in [5, 5.41) is 2.57. The first kappa shape index (κ1) is 14.5. The largest absolute Gasteiger partial charge is 0.327 e. The quantitative estimate of drug-likeness (QED) is 0.653. The van der Waals surface area contributed by atoms with E-state index in [1.54, 1.807) is 0 Å². The third-order valence-electron chi connectivity index (χ3n) is 3.72. The Labute approximate surface area is 139 Å². The third-order valence-corrected chi connectivity index (χ3v) is 4.44. The van der Waals surface area contributed by atoms with Crippen molar-refractivity contribution in [3.8, 4) is 0 Å². The van der Waals surface area contributed by atoms with Gasteiger partial charge in [0, 0.05) is 9.61 Å². The van der Waals surface area contributed by atoms with E-state index in [0.29, 0.717) is 0 Å². The summed E-state index contributed by atoms with van der Waals surface area (Å²) >= 11 is 2.33. The van der Waals surface area contributed by atoms with E-state index >= 15 is 0 Å². The smallest absolute Gasteiger partial charge is 0.0130 e. The van der Waals surface area contributed by atoms with Crippen LogP contribution in [0.15, 0.2) is 66.7 Å². The number of rotatable bonds is 4. The van der Waals surface area contributed by atoms with E-state index in [-0.39, 0.29) is 6.04 Å². The lowest BCUT2D eigenvalue weighted by Crippen LogP contribution is -2.25. The van der Waals surface area contributed by atoms with Gasteiger partial charge in [-0.2, -0.15) is 0 Å². The molecular weight excluding hydrogens is 369 g/mol. The van der Waals surface area contributed by atoms with Gasteiger partial charge in [0.1, 0.15) is 0 Å². The normalized spacial score (nSPS) is 12.5. The molecule has 0 fully saturated rings. The standard InChI is InChI=1S/C19H18IN/c20-18-9-6-14(7-10-18)12-19(21)13-15-5-8-16-3-1-2-4-17(16)11-15/h1-11,19H,12-13,21H2. The van der Waals surface area contributed by atoms with Crippen LogP contribution < -0.4 is 5.73 Å². The molecule has 2 heteroatoms. The molecule has 0 radical (unpaired) electrons. The summed E-state index contributed by atoms with van der Waals surface area (Å²) in [6.07, 6.45) is 1.83. The lowest BCUT2D eigenvalue weighted by atomic mass is 9.98. The minimum Gasteiger partial charge on any atom is -0.327 e. The molecule has 0 heterocycles. The van der Waals surface area contributed by atoms with Crippen molar-refractivity contribution in [1.82, 2.24) is 0 Å². The van der Waals surface area contributed by atoms with Crippen LogP contribution in [-0.2, 0) is 12.8 Å². The Bertz CT molecular complexity index is 734. The van der Waals surface area contributed by atoms with E-state index < -0.39 is 0 Å². The molecule has 0 aliphatic heterocycles. The van der Waals surface area contributed by atoms with Gasteiger partial charge in [-0.15, -0.1) is 0 Å². The predicted molar refractivity (Wildman–Crippen MR) is 98.5 cm³/mol. The maximum atomic E-state index is 6.32. The molecule has 0 spiro atoms. The molecular formula is C19H18IN. The van der Waals surface area contributed by atoms with Crippen LogP contribution in [0.2, 0.25) is 0 Å². The number of fused-ring (bicyclic) bond motifs is 1. The molecule has 0 saturated heterocycles. The maximum absolute atomic E-state index is 6.32. The third kappa shape index (κ3) is 3.83. The highest BCUT2D eigenvalue weighted by Crippen LogP contribution is 2.17. The van der Waals surface area contributed by atoms with E-state index in [1.807, 2.05) is 0 Å². The molecule has 106 valence electrons. The van der Waals surface area contributed by atoms with Crippen molar-refractivity contribution in [3.63, 3.8) is 0 Å². The number of nitrogens with two attached hydrogens (primary N) is 1. The molecule has 1 unspecified atom stereocenters. The Hall–Kier alpha value is -1.39. The fraction of sp³-hybridized carbons (Fsp3) is 0.158.